The van der Waals surface area contributed by atoms with Gasteiger partial charge < -0.3 is 134 Å². The molecule has 0 amide bonds. The third kappa shape index (κ3) is 74.2. The number of ether oxygens (including phenoxy) is 24. The molecule has 45 nitrogen and oxygen atoms in total. The number of carbonyl (C=O) groups is 17. The maximum atomic E-state index is 13.2. The lowest BCUT2D eigenvalue weighted by Gasteiger charge is -2.29. The zero-order chi connectivity index (χ0) is 109. The van der Waals surface area contributed by atoms with Crippen LogP contribution in [0.2, 0.25) is 0 Å². The monoisotopic (exact) mass is 2240 g/mol. The molecular formula is C101H164Cl4O45. The third-order valence-electron chi connectivity index (χ3n) is 17.9. The number of alkyl halides is 4. The van der Waals surface area contributed by atoms with E-state index in [4.69, 9.17) is 164 Å². The SMILES string of the molecule is C.C.C.C.C.C.C.CC(=O)OCC(C)(COC(=O)OCCCOC(=O)OCC(C)(COC(=O)OCCCOC(=O)OCC(C)(COC(C)=O)C(=O)OCCCCl)C(=O)OCc1ccccc1)C(=O)OCCCCl.CC(CO)(CO)C(=O)OCc1ccccc1.CC(COC(=O)OCCCO)(COC(=O)OCCCO)C(=O)OCc1ccccc1.CC1(C(=O)OCCCCl)COC(=O)OC1.O=C1OCCCO1.[3H]C(Cl)C(=O)CCC.[3H]CC. The predicted molar refractivity (Wildman–Crippen MR) is 548 cm³/mol. The highest BCUT2D eigenvalue weighted by molar-refractivity contribution is 6.27. The topological polar surface area (TPSA) is 593 Å². The van der Waals surface area contributed by atoms with Crippen LogP contribution in [0.4, 0.5) is 38.4 Å². The largest absolute Gasteiger partial charge is 0.508 e. The summed E-state index contributed by atoms with van der Waals surface area (Å²) in [5.41, 5.74) is -6.24. The molecule has 2 fully saturated rings. The lowest BCUT2D eigenvalue weighted by atomic mass is 9.93. The van der Waals surface area contributed by atoms with Gasteiger partial charge in [-0.25, -0.2) is 38.4 Å². The van der Waals surface area contributed by atoms with Gasteiger partial charge in [0.25, 0.3) is 0 Å². The average Bonchev–Trinajstić information content (AvgIpc) is 0.850. The van der Waals surface area contributed by atoms with Crippen molar-refractivity contribution >= 4 is 149 Å². The Morgan fingerprint density at radius 3 is 0.820 bits per heavy atom. The number of benzene rings is 3. The summed E-state index contributed by atoms with van der Waals surface area (Å²) in [4.78, 5) is 200. The van der Waals surface area contributed by atoms with E-state index >= 15 is 0 Å². The first kappa shape index (κ1) is 151. The lowest BCUT2D eigenvalue weighted by Crippen LogP contribution is -2.44. The van der Waals surface area contributed by atoms with E-state index < -0.39 is 201 Å². The van der Waals surface area contributed by atoms with Crippen molar-refractivity contribution in [2.45, 2.75) is 212 Å². The minimum Gasteiger partial charge on any atom is -0.465 e. The van der Waals surface area contributed by atoms with Gasteiger partial charge in [0.2, 0.25) is 0 Å². The molecule has 2 heterocycles. The van der Waals surface area contributed by atoms with E-state index in [2.05, 4.69) is 18.9 Å². The summed E-state index contributed by atoms with van der Waals surface area (Å²) in [5, 5.41) is 35.4. The maximum absolute atomic E-state index is 13.2. The van der Waals surface area contributed by atoms with E-state index in [9.17, 15) is 81.5 Å². The van der Waals surface area contributed by atoms with Gasteiger partial charge in [-0.2, -0.15) is 0 Å². The van der Waals surface area contributed by atoms with Crippen molar-refractivity contribution in [3.63, 3.8) is 0 Å². The number of aliphatic hydroxyl groups excluding tert-OH is 4. The normalized spacial score (nSPS) is 12.9. The minimum absolute atomic E-state index is 0. The summed E-state index contributed by atoms with van der Waals surface area (Å²) in [6, 6.07) is 26.8. The maximum Gasteiger partial charge on any atom is 0.508 e. The Balaban J connectivity index is -0.000000276. The summed E-state index contributed by atoms with van der Waals surface area (Å²) in [5.74, 6) is -5.92. The summed E-state index contributed by atoms with van der Waals surface area (Å²) < 4.78 is 131. The Labute approximate surface area is 904 Å². The van der Waals surface area contributed by atoms with Crippen LogP contribution in [0, 0.1) is 32.5 Å². The van der Waals surface area contributed by atoms with Crippen molar-refractivity contribution in [2.24, 2.45) is 32.5 Å². The molecule has 2 aliphatic heterocycles. The molecule has 49 heteroatoms. The number of hydrogen-bond acceptors (Lipinski definition) is 45. The third-order valence-corrected chi connectivity index (χ3v) is 19.0. The van der Waals surface area contributed by atoms with Crippen molar-refractivity contribution in [1.29, 1.82) is 0 Å². The number of cyclic esters (lactones) is 4. The van der Waals surface area contributed by atoms with Gasteiger partial charge in [-0.1, -0.05) is 164 Å². The molecule has 5 rings (SSSR count). The summed E-state index contributed by atoms with van der Waals surface area (Å²) >= 11 is 21.8. The molecular weight excluding hydrogens is 2070 g/mol. The minimum atomic E-state index is -1.77. The van der Waals surface area contributed by atoms with Gasteiger partial charge in [-0.3, -0.25) is 43.2 Å². The van der Waals surface area contributed by atoms with E-state index in [1.54, 1.807) is 68.4 Å². The first-order valence-corrected chi connectivity index (χ1v) is 46.7. The van der Waals surface area contributed by atoms with E-state index in [1.807, 2.05) is 43.3 Å². The highest BCUT2D eigenvalue weighted by Crippen LogP contribution is 2.29. The fourth-order valence-corrected chi connectivity index (χ4v) is 9.74. The van der Waals surface area contributed by atoms with Gasteiger partial charge in [0.15, 0.2) is 0 Å². The molecule has 150 heavy (non-hydrogen) atoms. The fraction of sp³-hybridized carbons (Fsp3) is 0.653. The Morgan fingerprint density at radius 2 is 0.593 bits per heavy atom. The van der Waals surface area contributed by atoms with Gasteiger partial charge in [0.1, 0.15) is 124 Å². The van der Waals surface area contributed by atoms with Crippen LogP contribution in [0.1, 0.15) is 212 Å². The summed E-state index contributed by atoms with van der Waals surface area (Å²) in [7, 11) is 0. The van der Waals surface area contributed by atoms with Crippen LogP contribution < -0.4 is 0 Å². The van der Waals surface area contributed by atoms with Crippen LogP contribution in [0.3, 0.4) is 0 Å². The Kier molecular flexibility index (Phi) is 94.0. The zero-order valence-corrected chi connectivity index (χ0v) is 85.0. The molecule has 4 N–H and O–H groups in total. The number of ketones is 1. The number of esters is 8. The van der Waals surface area contributed by atoms with Crippen molar-refractivity contribution in [3.8, 4) is 0 Å². The number of Topliss-reactive ketones (excluding diaryl/α,β-unsaturated/α-hetero) is 1. The Hall–Kier alpha value is -11.8. The summed E-state index contributed by atoms with van der Waals surface area (Å²) in [6.07, 6.45) is -4.36. The van der Waals surface area contributed by atoms with Crippen LogP contribution in [0.5, 0.6) is 0 Å². The first-order valence-electron chi connectivity index (χ1n) is 46.0. The van der Waals surface area contributed by atoms with Crippen LogP contribution in [-0.4, -0.2) is 312 Å². The Bertz CT molecular complexity index is 4100. The van der Waals surface area contributed by atoms with E-state index in [1.165, 1.54) is 34.6 Å². The van der Waals surface area contributed by atoms with Crippen molar-refractivity contribution in [3.05, 3.63) is 108 Å². The first-order chi connectivity index (χ1) is 68.9. The van der Waals surface area contributed by atoms with Gasteiger partial charge in [0.05, 0.1) is 93.1 Å². The molecule has 0 aromatic heterocycles. The average molecular weight is 2240 g/mol. The van der Waals surface area contributed by atoms with Crippen LogP contribution in [0.25, 0.3) is 0 Å². The van der Waals surface area contributed by atoms with E-state index in [0.717, 1.165) is 37.8 Å². The molecule has 0 aliphatic carbocycles. The molecule has 2 aliphatic rings. The van der Waals surface area contributed by atoms with Crippen LogP contribution >= 0.6 is 46.4 Å². The number of aliphatic hydroxyl groups is 4. The smallest absolute Gasteiger partial charge is 0.465 e. The van der Waals surface area contributed by atoms with Crippen molar-refractivity contribution < 1.29 is 218 Å². The molecule has 866 valence electrons. The van der Waals surface area contributed by atoms with Gasteiger partial charge in [0, 0.05) is 84.6 Å². The molecule has 2 saturated heterocycles. The number of carbonyl (C=O) groups excluding carboxylic acids is 17. The van der Waals surface area contributed by atoms with Crippen molar-refractivity contribution in [2.75, 3.05) is 189 Å². The van der Waals surface area contributed by atoms with E-state index in [-0.39, 0.29) is 201 Å². The van der Waals surface area contributed by atoms with Crippen LogP contribution in [0.15, 0.2) is 91.0 Å². The molecule has 3 unspecified atom stereocenters. The molecule has 3 aromatic carbocycles. The second-order valence-electron chi connectivity index (χ2n) is 31.6. The standard InChI is InChI=1S/C42H58Cl2O22.C20H28O10.C12H16O4.C9H13ClO5.C5H9ClO.C4H6O3.C2H6.7CH4/c1-30(45)61-24-40(3,33(47)54-17-9-15-43)26-63-36(50)56-19-11-21-58-38(52)65-28-42(5,35(49)60-23-32-13-7-6-8-14-32)29-66-39(53)59-22-12-20-57-37(51)64-27-41(4,25-62-31(2)46)34(48)55-18-10-16-44;1-20(14-29-18(24)26-11-5-9-21,15-30-19(25)27-12-6-10-22)17(23)28-13-16-7-3-2-4-8-16;1-12(8-13,9-14)11(15)16-7-10-5-3-2-4-6-10;1-9(5-14-8(12)15-6-9)7(11)13-4-2-3-10;1-2-3-5(7)4-6;5-4-6-2-1-3-7-4;1-2;;;;;;;/h6-8,13-14H,9-12,15-29H2,1-5H3;2-4,7-8,21-22H,5-6,9-15H2,1H3;2-6,13-14H,7-9H2,1H3;2-6H2,1H3;2-4H2,1H3;1-3H2;1-2H3;7*1H4/i;;;;4T;;1T;;;;;;;. The molecule has 0 saturated carbocycles. The quantitative estimate of drug-likeness (QED) is 0.0176. The number of rotatable bonds is 56. The highest BCUT2D eigenvalue weighted by Gasteiger charge is 2.45. The number of hydrogen-bond donors (Lipinski definition) is 4. The molecule has 3 atom stereocenters. The van der Waals surface area contributed by atoms with Gasteiger partial charge in [-0.15, -0.1) is 46.4 Å². The fourth-order valence-electron chi connectivity index (χ4n) is 9.30. The lowest BCUT2D eigenvalue weighted by molar-refractivity contribution is -0.167. The zero-order valence-electron chi connectivity index (χ0n) is 84.0. The second-order valence-corrected chi connectivity index (χ2v) is 33.0. The highest BCUT2D eigenvalue weighted by atomic mass is 35.5. The molecule has 0 bridgehead atoms. The van der Waals surface area contributed by atoms with Gasteiger partial charge >= 0.3 is 97.0 Å². The van der Waals surface area contributed by atoms with E-state index in [0.29, 0.717) is 57.2 Å². The van der Waals surface area contributed by atoms with Gasteiger partial charge in [-0.05, 0) is 83.9 Å². The predicted octanol–water partition coefficient (Wildman–Crippen LogP) is 17.1. The number of halogens is 4. The Morgan fingerprint density at radius 1 is 0.353 bits per heavy atom. The summed E-state index contributed by atoms with van der Waals surface area (Å²) in [6.45, 7) is 9.46. The molecule has 0 spiro atoms. The second kappa shape index (κ2) is 93.3. The molecule has 3 aromatic rings. The molecule has 0 radical (unpaired) electrons. The van der Waals surface area contributed by atoms with Crippen molar-refractivity contribution in [1.82, 2.24) is 0 Å². The van der Waals surface area contributed by atoms with Crippen LogP contribution in [-0.2, 0) is 177 Å².